The molecule has 1 aromatic rings. The van der Waals surface area contributed by atoms with E-state index in [4.69, 9.17) is 0 Å². The Bertz CT molecular complexity index is 288. The highest BCUT2D eigenvalue weighted by molar-refractivity contribution is 5.00. The van der Waals surface area contributed by atoms with Gasteiger partial charge in [-0.25, -0.2) is 4.98 Å². The third kappa shape index (κ3) is 3.65. The molecular formula is C12H23N3. The summed E-state index contributed by atoms with van der Waals surface area (Å²) in [6.07, 6.45) is 2.71. The minimum absolute atomic E-state index is 0.215. The Labute approximate surface area is 92.7 Å². The van der Waals surface area contributed by atoms with Crippen LogP contribution in [0.15, 0.2) is 6.33 Å². The van der Waals surface area contributed by atoms with Crippen LogP contribution in [-0.4, -0.2) is 15.2 Å². The molecule has 15 heavy (non-hydrogen) atoms. The number of nitrogens with zero attached hydrogens (tertiary/aromatic N) is 2. The van der Waals surface area contributed by atoms with Crippen molar-refractivity contribution in [3.63, 3.8) is 0 Å². The summed E-state index contributed by atoms with van der Waals surface area (Å²) < 4.78 is 0. The van der Waals surface area contributed by atoms with Gasteiger partial charge in [-0.05, 0) is 17.3 Å². The standard InChI is InChI=1S/C12H23N3/c1-11(2,3)7-9(12(4,5)6)10-13-8-14-15-10/h8-9H,7H2,1-6H3,(H,13,14,15). The first-order valence-corrected chi connectivity index (χ1v) is 5.55. The van der Waals surface area contributed by atoms with Crippen LogP contribution in [0.1, 0.15) is 59.7 Å². The molecule has 0 aliphatic heterocycles. The summed E-state index contributed by atoms with van der Waals surface area (Å²) in [5.41, 5.74) is 0.525. The van der Waals surface area contributed by atoms with Crippen molar-refractivity contribution in [1.29, 1.82) is 0 Å². The van der Waals surface area contributed by atoms with Gasteiger partial charge in [-0.1, -0.05) is 41.5 Å². The van der Waals surface area contributed by atoms with E-state index < -0.39 is 0 Å². The van der Waals surface area contributed by atoms with Gasteiger partial charge in [0.25, 0.3) is 0 Å². The number of hydrogen-bond donors (Lipinski definition) is 1. The summed E-state index contributed by atoms with van der Waals surface area (Å²) in [4.78, 5) is 4.30. The van der Waals surface area contributed by atoms with Gasteiger partial charge in [-0.2, -0.15) is 5.10 Å². The second kappa shape index (κ2) is 3.95. The third-order valence-corrected chi connectivity index (χ3v) is 2.63. The van der Waals surface area contributed by atoms with Gasteiger partial charge in [0.05, 0.1) is 0 Å². The van der Waals surface area contributed by atoms with E-state index in [2.05, 4.69) is 56.7 Å². The molecule has 1 rings (SSSR count). The predicted octanol–water partition coefficient (Wildman–Crippen LogP) is 3.37. The Balaban J connectivity index is 2.90. The molecule has 0 bridgehead atoms. The molecule has 0 aromatic carbocycles. The molecule has 0 saturated heterocycles. The van der Waals surface area contributed by atoms with E-state index in [-0.39, 0.29) is 5.41 Å². The lowest BCUT2D eigenvalue weighted by Gasteiger charge is -2.34. The molecular weight excluding hydrogens is 186 g/mol. The molecule has 1 N–H and O–H groups in total. The molecule has 0 aliphatic carbocycles. The van der Waals surface area contributed by atoms with Crippen LogP contribution in [0.3, 0.4) is 0 Å². The lowest BCUT2D eigenvalue weighted by atomic mass is 9.72. The maximum Gasteiger partial charge on any atom is 0.137 e. The smallest absolute Gasteiger partial charge is 0.137 e. The van der Waals surface area contributed by atoms with Gasteiger partial charge in [-0.15, -0.1) is 0 Å². The van der Waals surface area contributed by atoms with Crippen molar-refractivity contribution in [2.75, 3.05) is 0 Å². The van der Waals surface area contributed by atoms with E-state index in [9.17, 15) is 0 Å². The molecule has 0 aliphatic rings. The normalized spacial score (nSPS) is 15.3. The Morgan fingerprint density at radius 1 is 1.20 bits per heavy atom. The molecule has 3 heteroatoms. The molecule has 0 fully saturated rings. The minimum atomic E-state index is 0.215. The van der Waals surface area contributed by atoms with Crippen LogP contribution in [0, 0.1) is 10.8 Å². The molecule has 1 unspecified atom stereocenters. The molecule has 0 saturated carbocycles. The Morgan fingerprint density at radius 3 is 2.13 bits per heavy atom. The van der Waals surface area contributed by atoms with Crippen molar-refractivity contribution >= 4 is 0 Å². The number of H-pyrrole nitrogens is 1. The highest BCUT2D eigenvalue weighted by Crippen LogP contribution is 2.41. The molecule has 1 aromatic heterocycles. The van der Waals surface area contributed by atoms with Crippen molar-refractivity contribution in [1.82, 2.24) is 15.2 Å². The van der Waals surface area contributed by atoms with Crippen molar-refractivity contribution in [2.45, 2.75) is 53.9 Å². The lowest BCUT2D eigenvalue weighted by Crippen LogP contribution is -2.24. The number of aromatic nitrogens is 3. The molecule has 0 radical (unpaired) electrons. The number of hydrogen-bond acceptors (Lipinski definition) is 2. The summed E-state index contributed by atoms with van der Waals surface area (Å²) in [6, 6.07) is 0. The van der Waals surface area contributed by atoms with Crippen LogP contribution >= 0.6 is 0 Å². The van der Waals surface area contributed by atoms with Crippen molar-refractivity contribution in [3.8, 4) is 0 Å². The average Bonchev–Trinajstić information content (AvgIpc) is 2.47. The van der Waals surface area contributed by atoms with Gasteiger partial charge in [0.1, 0.15) is 12.2 Å². The lowest BCUT2D eigenvalue weighted by molar-refractivity contribution is 0.221. The zero-order chi connectivity index (χ0) is 11.7. The Hall–Kier alpha value is -0.860. The first kappa shape index (κ1) is 12.2. The average molecular weight is 209 g/mol. The van der Waals surface area contributed by atoms with E-state index in [0.29, 0.717) is 11.3 Å². The summed E-state index contributed by atoms with van der Waals surface area (Å²) in [6.45, 7) is 13.6. The summed E-state index contributed by atoms with van der Waals surface area (Å²) in [5.74, 6) is 1.44. The van der Waals surface area contributed by atoms with E-state index >= 15 is 0 Å². The second-order valence-electron chi connectivity index (χ2n) is 6.55. The first-order chi connectivity index (χ1) is 6.70. The van der Waals surface area contributed by atoms with E-state index in [0.717, 1.165) is 12.2 Å². The van der Waals surface area contributed by atoms with Crippen LogP contribution in [0.25, 0.3) is 0 Å². The fourth-order valence-corrected chi connectivity index (χ4v) is 1.81. The maximum atomic E-state index is 4.30. The predicted molar refractivity (Wildman–Crippen MR) is 62.7 cm³/mol. The summed E-state index contributed by atoms with van der Waals surface area (Å²) >= 11 is 0. The van der Waals surface area contributed by atoms with Gasteiger partial charge in [-0.3, -0.25) is 5.10 Å². The highest BCUT2D eigenvalue weighted by Gasteiger charge is 2.32. The monoisotopic (exact) mass is 209 g/mol. The van der Waals surface area contributed by atoms with Gasteiger partial charge >= 0.3 is 0 Å². The van der Waals surface area contributed by atoms with Gasteiger partial charge < -0.3 is 0 Å². The summed E-state index contributed by atoms with van der Waals surface area (Å²) in [5, 5.41) is 6.96. The second-order valence-corrected chi connectivity index (χ2v) is 6.55. The van der Waals surface area contributed by atoms with E-state index in [1.807, 2.05) is 0 Å². The molecule has 1 heterocycles. The molecule has 0 spiro atoms. The van der Waals surface area contributed by atoms with E-state index in [1.165, 1.54) is 0 Å². The van der Waals surface area contributed by atoms with Crippen LogP contribution in [0.4, 0.5) is 0 Å². The fraction of sp³-hybridized carbons (Fsp3) is 0.833. The van der Waals surface area contributed by atoms with Gasteiger partial charge in [0.15, 0.2) is 0 Å². The van der Waals surface area contributed by atoms with Crippen LogP contribution in [0.2, 0.25) is 0 Å². The Kier molecular flexibility index (Phi) is 3.22. The zero-order valence-electron chi connectivity index (χ0n) is 10.8. The SMILES string of the molecule is CC(C)(C)CC(c1ncn[nH]1)C(C)(C)C. The molecule has 86 valence electrons. The fourth-order valence-electron chi connectivity index (χ4n) is 1.81. The maximum absolute atomic E-state index is 4.30. The highest BCUT2D eigenvalue weighted by atomic mass is 15.2. The number of rotatable bonds is 2. The third-order valence-electron chi connectivity index (χ3n) is 2.63. The van der Waals surface area contributed by atoms with Gasteiger partial charge in [0.2, 0.25) is 0 Å². The largest absolute Gasteiger partial charge is 0.263 e. The van der Waals surface area contributed by atoms with Crippen LogP contribution in [0.5, 0.6) is 0 Å². The quantitative estimate of drug-likeness (QED) is 0.811. The zero-order valence-corrected chi connectivity index (χ0v) is 10.8. The summed E-state index contributed by atoms with van der Waals surface area (Å²) in [7, 11) is 0. The van der Waals surface area contributed by atoms with Crippen molar-refractivity contribution in [2.24, 2.45) is 10.8 Å². The molecule has 3 nitrogen and oxygen atoms in total. The van der Waals surface area contributed by atoms with Crippen LogP contribution < -0.4 is 0 Å². The Morgan fingerprint density at radius 2 is 1.80 bits per heavy atom. The van der Waals surface area contributed by atoms with Gasteiger partial charge in [0, 0.05) is 5.92 Å². The van der Waals surface area contributed by atoms with E-state index in [1.54, 1.807) is 6.33 Å². The van der Waals surface area contributed by atoms with Crippen molar-refractivity contribution in [3.05, 3.63) is 12.2 Å². The van der Waals surface area contributed by atoms with Crippen molar-refractivity contribution < 1.29 is 0 Å². The number of aromatic amines is 1. The first-order valence-electron chi connectivity index (χ1n) is 5.55. The minimum Gasteiger partial charge on any atom is -0.263 e. The molecule has 0 amide bonds. The topological polar surface area (TPSA) is 41.6 Å². The molecule has 1 atom stereocenters. The number of nitrogens with one attached hydrogen (secondary N) is 1. The van der Waals surface area contributed by atoms with Crippen LogP contribution in [-0.2, 0) is 0 Å².